The van der Waals surface area contributed by atoms with E-state index in [1.807, 2.05) is 24.0 Å². The van der Waals surface area contributed by atoms with Crippen LogP contribution >= 0.6 is 35.3 Å². The van der Waals surface area contributed by atoms with Crippen LogP contribution in [-0.2, 0) is 17.8 Å². The van der Waals surface area contributed by atoms with Crippen molar-refractivity contribution in [2.75, 3.05) is 38.3 Å². The van der Waals surface area contributed by atoms with E-state index in [2.05, 4.69) is 27.5 Å². The first-order chi connectivity index (χ1) is 13.1. The van der Waals surface area contributed by atoms with Gasteiger partial charge in [-0.1, -0.05) is 6.07 Å². The highest BCUT2D eigenvalue weighted by molar-refractivity contribution is 14.0. The maximum absolute atomic E-state index is 14.5. The van der Waals surface area contributed by atoms with Gasteiger partial charge in [0.15, 0.2) is 5.96 Å². The molecule has 6 nitrogen and oxygen atoms in total. The molecule has 2 aromatic rings. The van der Waals surface area contributed by atoms with E-state index >= 15 is 0 Å². The number of ether oxygens (including phenoxy) is 1. The maximum Gasteiger partial charge on any atom is 0.191 e. The minimum absolute atomic E-state index is 0. The molecule has 9 heteroatoms. The standard InChI is InChI=1S/C19H26FN5OS.HI/c1-13-14(2)27-18(24-13)12-23-19(21-3)22-11-15-4-5-17(16(20)10-15)25-6-8-26-9-7-25;/h4-5,10H,6-9,11-12H2,1-3H3,(H2,21,22,23);1H. The van der Waals surface area contributed by atoms with Gasteiger partial charge in [0, 0.05) is 31.6 Å². The third-order valence-electron chi connectivity index (χ3n) is 4.53. The first-order valence-corrected chi connectivity index (χ1v) is 9.87. The molecule has 28 heavy (non-hydrogen) atoms. The number of aromatic nitrogens is 1. The number of nitrogens with zero attached hydrogens (tertiary/aromatic N) is 3. The van der Waals surface area contributed by atoms with Crippen LogP contribution in [0, 0.1) is 19.7 Å². The lowest BCUT2D eigenvalue weighted by atomic mass is 10.1. The van der Waals surface area contributed by atoms with Gasteiger partial charge in [-0.3, -0.25) is 4.99 Å². The highest BCUT2D eigenvalue weighted by atomic mass is 127. The molecule has 0 amide bonds. The number of rotatable bonds is 5. The summed E-state index contributed by atoms with van der Waals surface area (Å²) in [5.41, 5.74) is 2.57. The zero-order valence-corrected chi connectivity index (χ0v) is 19.6. The molecule has 1 saturated heterocycles. The van der Waals surface area contributed by atoms with Crippen LogP contribution in [0.4, 0.5) is 10.1 Å². The Morgan fingerprint density at radius 2 is 1.96 bits per heavy atom. The number of halogens is 2. The number of hydrogen-bond donors (Lipinski definition) is 2. The van der Waals surface area contributed by atoms with E-state index in [-0.39, 0.29) is 29.8 Å². The van der Waals surface area contributed by atoms with Crippen molar-refractivity contribution >= 4 is 47.0 Å². The molecule has 1 fully saturated rings. The summed E-state index contributed by atoms with van der Waals surface area (Å²) in [4.78, 5) is 12.0. The Kier molecular flexibility index (Phi) is 8.90. The molecule has 0 aliphatic carbocycles. The second kappa shape index (κ2) is 10.9. The Bertz CT molecular complexity index is 788. The van der Waals surface area contributed by atoms with Crippen LogP contribution in [0.25, 0.3) is 0 Å². The van der Waals surface area contributed by atoms with Gasteiger partial charge in [-0.15, -0.1) is 35.3 Å². The molecular formula is C19H27FIN5OS. The van der Waals surface area contributed by atoms with Crippen molar-refractivity contribution in [3.05, 3.63) is 45.2 Å². The summed E-state index contributed by atoms with van der Waals surface area (Å²) < 4.78 is 19.8. The first kappa shape index (κ1) is 22.8. The SMILES string of the molecule is CN=C(NCc1ccc(N2CCOCC2)c(F)c1)NCc1nc(C)c(C)s1.I. The van der Waals surface area contributed by atoms with Crippen molar-refractivity contribution in [3.8, 4) is 0 Å². The highest BCUT2D eigenvalue weighted by Gasteiger charge is 2.15. The van der Waals surface area contributed by atoms with Crippen LogP contribution in [0.1, 0.15) is 21.1 Å². The summed E-state index contributed by atoms with van der Waals surface area (Å²) in [7, 11) is 1.72. The van der Waals surface area contributed by atoms with Crippen LogP contribution < -0.4 is 15.5 Å². The van der Waals surface area contributed by atoms with Crippen molar-refractivity contribution in [1.82, 2.24) is 15.6 Å². The molecular weight excluding hydrogens is 492 g/mol. The number of thiazole rings is 1. The predicted molar refractivity (Wildman–Crippen MR) is 123 cm³/mol. The van der Waals surface area contributed by atoms with Gasteiger partial charge in [-0.05, 0) is 31.5 Å². The van der Waals surface area contributed by atoms with E-state index in [0.717, 1.165) is 29.4 Å². The van der Waals surface area contributed by atoms with Gasteiger partial charge in [-0.25, -0.2) is 9.37 Å². The van der Waals surface area contributed by atoms with Gasteiger partial charge in [0.25, 0.3) is 0 Å². The molecule has 0 radical (unpaired) electrons. The number of guanidine groups is 1. The fourth-order valence-electron chi connectivity index (χ4n) is 2.90. The van der Waals surface area contributed by atoms with E-state index in [1.165, 1.54) is 4.88 Å². The largest absolute Gasteiger partial charge is 0.378 e. The Hall–Kier alpha value is -1.46. The molecule has 0 spiro atoms. The third kappa shape index (κ3) is 6.02. The molecule has 1 aliphatic heterocycles. The number of aliphatic imine (C=N–C) groups is 1. The van der Waals surface area contributed by atoms with Crippen LogP contribution in [-0.4, -0.2) is 44.3 Å². The van der Waals surface area contributed by atoms with Crippen molar-refractivity contribution in [2.45, 2.75) is 26.9 Å². The van der Waals surface area contributed by atoms with E-state index in [0.29, 0.717) is 38.0 Å². The molecule has 2 N–H and O–H groups in total. The van der Waals surface area contributed by atoms with E-state index in [9.17, 15) is 4.39 Å². The molecule has 3 rings (SSSR count). The lowest BCUT2D eigenvalue weighted by molar-refractivity contribution is 0.122. The van der Waals surface area contributed by atoms with Crippen LogP contribution in [0.15, 0.2) is 23.2 Å². The number of morpholine rings is 1. The number of anilines is 1. The first-order valence-electron chi connectivity index (χ1n) is 9.05. The maximum atomic E-state index is 14.5. The number of benzene rings is 1. The van der Waals surface area contributed by atoms with Gasteiger partial charge in [0.1, 0.15) is 10.8 Å². The smallest absolute Gasteiger partial charge is 0.191 e. The van der Waals surface area contributed by atoms with Gasteiger partial charge in [0.05, 0.1) is 31.1 Å². The zero-order chi connectivity index (χ0) is 19.2. The van der Waals surface area contributed by atoms with Gasteiger partial charge in [0.2, 0.25) is 0 Å². The highest BCUT2D eigenvalue weighted by Crippen LogP contribution is 2.21. The summed E-state index contributed by atoms with van der Waals surface area (Å²) in [6.07, 6.45) is 0. The zero-order valence-electron chi connectivity index (χ0n) is 16.4. The number of nitrogens with one attached hydrogen (secondary N) is 2. The topological polar surface area (TPSA) is 61.8 Å². The van der Waals surface area contributed by atoms with Crippen molar-refractivity contribution in [3.63, 3.8) is 0 Å². The van der Waals surface area contributed by atoms with Crippen LogP contribution in [0.2, 0.25) is 0 Å². The van der Waals surface area contributed by atoms with Gasteiger partial charge < -0.3 is 20.3 Å². The molecule has 1 aromatic carbocycles. The van der Waals surface area contributed by atoms with E-state index in [1.54, 1.807) is 24.5 Å². The monoisotopic (exact) mass is 519 g/mol. The lowest BCUT2D eigenvalue weighted by Crippen LogP contribution is -2.37. The fraction of sp³-hybridized carbons (Fsp3) is 0.474. The minimum atomic E-state index is -0.201. The second-order valence-corrected chi connectivity index (χ2v) is 7.70. The predicted octanol–water partition coefficient (Wildman–Crippen LogP) is 3.22. The Balaban J connectivity index is 0.00000280. The second-order valence-electron chi connectivity index (χ2n) is 6.41. The quantitative estimate of drug-likeness (QED) is 0.361. The van der Waals surface area contributed by atoms with Crippen molar-refractivity contribution < 1.29 is 9.13 Å². The lowest BCUT2D eigenvalue weighted by Gasteiger charge is -2.29. The van der Waals surface area contributed by atoms with Crippen LogP contribution in [0.3, 0.4) is 0 Å². The third-order valence-corrected chi connectivity index (χ3v) is 5.60. The number of hydrogen-bond acceptors (Lipinski definition) is 5. The normalized spacial score (nSPS) is 14.6. The molecule has 0 atom stereocenters. The Morgan fingerprint density at radius 3 is 2.57 bits per heavy atom. The van der Waals surface area contributed by atoms with E-state index < -0.39 is 0 Å². The summed E-state index contributed by atoms with van der Waals surface area (Å²) in [5.74, 6) is 0.464. The minimum Gasteiger partial charge on any atom is -0.378 e. The van der Waals surface area contributed by atoms with E-state index in [4.69, 9.17) is 4.74 Å². The molecule has 0 saturated carbocycles. The van der Waals surface area contributed by atoms with Crippen molar-refractivity contribution in [2.24, 2.45) is 4.99 Å². The molecule has 1 aliphatic rings. The fourth-order valence-corrected chi connectivity index (χ4v) is 3.78. The summed E-state index contributed by atoms with van der Waals surface area (Å²) in [5, 5.41) is 7.49. The van der Waals surface area contributed by atoms with Gasteiger partial charge >= 0.3 is 0 Å². The summed E-state index contributed by atoms with van der Waals surface area (Å²) in [6, 6.07) is 5.37. The molecule has 154 valence electrons. The van der Waals surface area contributed by atoms with Gasteiger partial charge in [-0.2, -0.15) is 0 Å². The molecule has 0 bridgehead atoms. The molecule has 0 unspecified atom stereocenters. The summed E-state index contributed by atoms with van der Waals surface area (Å²) >= 11 is 1.68. The van der Waals surface area contributed by atoms with Crippen molar-refractivity contribution in [1.29, 1.82) is 0 Å². The average Bonchev–Trinajstić information content (AvgIpc) is 3.00. The molecule has 1 aromatic heterocycles. The Morgan fingerprint density at radius 1 is 1.25 bits per heavy atom. The molecule has 2 heterocycles. The van der Waals surface area contributed by atoms with Crippen LogP contribution in [0.5, 0.6) is 0 Å². The average molecular weight is 519 g/mol. The summed E-state index contributed by atoms with van der Waals surface area (Å²) in [6.45, 7) is 7.92. The Labute approximate surface area is 186 Å². The number of aryl methyl sites for hydroxylation is 2.